The molecule has 0 fully saturated rings. The van der Waals surface area contributed by atoms with Crippen molar-refractivity contribution in [1.82, 2.24) is 9.97 Å². The van der Waals surface area contributed by atoms with Crippen molar-refractivity contribution in [2.75, 3.05) is 5.73 Å². The highest BCUT2D eigenvalue weighted by atomic mass is 16.3. The molecular weight excluding hydrogens is 194 g/mol. The van der Waals surface area contributed by atoms with Crippen LogP contribution < -0.4 is 11.3 Å². The normalized spacial score (nSPS) is 10.7. The minimum Gasteiger partial charge on any atom is -0.507 e. The van der Waals surface area contributed by atoms with Gasteiger partial charge in [-0.3, -0.25) is 4.79 Å². The number of H-pyrrole nitrogens is 1. The summed E-state index contributed by atoms with van der Waals surface area (Å²) in [6, 6.07) is 3.22. The molecule has 0 saturated heterocycles. The summed E-state index contributed by atoms with van der Waals surface area (Å²) in [5, 5.41) is 10.3. The second kappa shape index (κ2) is 3.27. The topological polar surface area (TPSA) is 92.0 Å². The van der Waals surface area contributed by atoms with Crippen molar-refractivity contribution in [3.05, 3.63) is 28.0 Å². The Balaban J connectivity index is 2.91. The van der Waals surface area contributed by atoms with E-state index in [2.05, 4.69) is 9.97 Å². The molecule has 2 aromatic rings. The van der Waals surface area contributed by atoms with Crippen LogP contribution >= 0.6 is 0 Å². The maximum atomic E-state index is 11.5. The molecule has 0 aliphatic carbocycles. The largest absolute Gasteiger partial charge is 0.507 e. The third kappa shape index (κ3) is 1.41. The van der Waals surface area contributed by atoms with Crippen molar-refractivity contribution in [1.29, 1.82) is 0 Å². The number of aromatic hydroxyl groups is 1. The molecule has 0 aliphatic heterocycles. The van der Waals surface area contributed by atoms with E-state index in [1.807, 2.05) is 0 Å². The molecule has 2 rings (SSSR count). The molecule has 5 nitrogen and oxygen atoms in total. The predicted molar refractivity (Wildman–Crippen MR) is 57.8 cm³/mol. The van der Waals surface area contributed by atoms with E-state index in [4.69, 9.17) is 5.73 Å². The maximum Gasteiger partial charge on any atom is 0.256 e. The van der Waals surface area contributed by atoms with Gasteiger partial charge >= 0.3 is 0 Å². The van der Waals surface area contributed by atoms with Gasteiger partial charge in [0, 0.05) is 0 Å². The van der Waals surface area contributed by atoms with Crippen molar-refractivity contribution < 1.29 is 5.11 Å². The van der Waals surface area contributed by atoms with Gasteiger partial charge in [0.05, 0.1) is 10.9 Å². The highest BCUT2D eigenvalue weighted by Crippen LogP contribution is 2.24. The number of nitrogens with one attached hydrogen (secondary N) is 1. The number of fused-ring (bicyclic) bond motifs is 1. The molecule has 0 amide bonds. The van der Waals surface area contributed by atoms with E-state index in [1.165, 1.54) is 0 Å². The lowest BCUT2D eigenvalue weighted by Crippen LogP contribution is -2.12. The fourth-order valence-electron chi connectivity index (χ4n) is 1.54. The average molecular weight is 205 g/mol. The minimum absolute atomic E-state index is 0.0104. The average Bonchev–Trinajstić information content (AvgIpc) is 2.17. The number of aromatic nitrogens is 2. The molecule has 5 heteroatoms. The van der Waals surface area contributed by atoms with Crippen LogP contribution in [0.15, 0.2) is 16.9 Å². The molecule has 0 atom stereocenters. The van der Waals surface area contributed by atoms with E-state index < -0.39 is 0 Å². The van der Waals surface area contributed by atoms with E-state index in [0.29, 0.717) is 28.8 Å². The van der Waals surface area contributed by atoms with E-state index in [0.717, 1.165) is 0 Å². The van der Waals surface area contributed by atoms with Crippen LogP contribution in [0.2, 0.25) is 0 Å². The number of rotatable bonds is 1. The summed E-state index contributed by atoms with van der Waals surface area (Å²) in [6.07, 6.45) is 0.474. The molecule has 0 bridgehead atoms. The van der Waals surface area contributed by atoms with Gasteiger partial charge in [-0.1, -0.05) is 6.92 Å². The maximum absolute atomic E-state index is 11.5. The summed E-state index contributed by atoms with van der Waals surface area (Å²) in [5.41, 5.74) is 5.84. The second-order valence-electron chi connectivity index (χ2n) is 3.27. The standard InChI is InChI=1S/C10H11N3O2/c1-2-5-8(14)6-3-4-7(11)12-9(6)13-10(5)15/h3-4H,2H2,1H3,(H4,11,12,13,14,15). The fraction of sp³-hybridized carbons (Fsp3) is 0.200. The van der Waals surface area contributed by atoms with Crippen LogP contribution in [0.5, 0.6) is 5.75 Å². The summed E-state index contributed by atoms with van der Waals surface area (Å²) in [6.45, 7) is 1.81. The van der Waals surface area contributed by atoms with Gasteiger partial charge in [-0.05, 0) is 18.6 Å². The smallest absolute Gasteiger partial charge is 0.256 e. The highest BCUT2D eigenvalue weighted by Gasteiger charge is 2.10. The number of hydrogen-bond acceptors (Lipinski definition) is 4. The van der Waals surface area contributed by atoms with Crippen LogP contribution in [-0.4, -0.2) is 15.1 Å². The van der Waals surface area contributed by atoms with Gasteiger partial charge in [0.2, 0.25) is 0 Å². The lowest BCUT2D eigenvalue weighted by molar-refractivity contribution is 0.473. The Bertz CT molecular complexity index is 575. The van der Waals surface area contributed by atoms with E-state index in [9.17, 15) is 9.90 Å². The molecule has 78 valence electrons. The molecule has 0 unspecified atom stereocenters. The first kappa shape index (κ1) is 9.51. The Labute approximate surface area is 85.6 Å². The van der Waals surface area contributed by atoms with Crippen LogP contribution in [0.25, 0.3) is 11.0 Å². The molecule has 2 heterocycles. The summed E-state index contributed by atoms with van der Waals surface area (Å²) in [4.78, 5) is 18.0. The predicted octanol–water partition coefficient (Wildman–Crippen LogP) is 0.773. The van der Waals surface area contributed by atoms with Crippen LogP contribution in [0.4, 0.5) is 5.82 Å². The Morgan fingerprint density at radius 1 is 1.53 bits per heavy atom. The summed E-state index contributed by atoms with van der Waals surface area (Å²) in [7, 11) is 0. The first-order valence-electron chi connectivity index (χ1n) is 4.63. The SMILES string of the molecule is CCc1c(O)c2ccc(N)nc2[nH]c1=O. The second-order valence-corrected chi connectivity index (χ2v) is 3.27. The quantitative estimate of drug-likeness (QED) is 0.641. The van der Waals surface area contributed by atoms with Gasteiger partial charge < -0.3 is 15.8 Å². The van der Waals surface area contributed by atoms with Crippen LogP contribution in [-0.2, 0) is 6.42 Å². The number of hydrogen-bond donors (Lipinski definition) is 3. The van der Waals surface area contributed by atoms with Crippen molar-refractivity contribution in [3.8, 4) is 5.75 Å². The lowest BCUT2D eigenvalue weighted by Gasteiger charge is -2.04. The first-order chi connectivity index (χ1) is 7.13. The highest BCUT2D eigenvalue weighted by molar-refractivity contribution is 5.83. The number of anilines is 1. The molecule has 0 saturated carbocycles. The van der Waals surface area contributed by atoms with Gasteiger partial charge in [0.25, 0.3) is 5.56 Å². The van der Waals surface area contributed by atoms with Crippen molar-refractivity contribution >= 4 is 16.9 Å². The summed E-state index contributed by atoms with van der Waals surface area (Å²) < 4.78 is 0. The van der Waals surface area contributed by atoms with E-state index >= 15 is 0 Å². The number of nitrogen functional groups attached to an aromatic ring is 1. The van der Waals surface area contributed by atoms with Gasteiger partial charge in [0.15, 0.2) is 0 Å². The Kier molecular flexibility index (Phi) is 2.07. The number of pyridine rings is 2. The van der Waals surface area contributed by atoms with Crippen LogP contribution in [0.3, 0.4) is 0 Å². The van der Waals surface area contributed by atoms with Gasteiger partial charge in [-0.25, -0.2) is 4.98 Å². The summed E-state index contributed by atoms with van der Waals surface area (Å²) in [5.74, 6) is 0.297. The molecule has 0 radical (unpaired) electrons. The zero-order valence-electron chi connectivity index (χ0n) is 8.24. The van der Waals surface area contributed by atoms with Crippen molar-refractivity contribution in [2.45, 2.75) is 13.3 Å². The van der Waals surface area contributed by atoms with E-state index in [-0.39, 0.29) is 11.3 Å². The van der Waals surface area contributed by atoms with Crippen LogP contribution in [0.1, 0.15) is 12.5 Å². The zero-order chi connectivity index (χ0) is 11.0. The molecule has 2 aromatic heterocycles. The van der Waals surface area contributed by atoms with Gasteiger partial charge in [-0.2, -0.15) is 0 Å². The molecule has 0 spiro atoms. The monoisotopic (exact) mass is 205 g/mol. The molecule has 0 aliphatic rings. The first-order valence-corrected chi connectivity index (χ1v) is 4.63. The van der Waals surface area contributed by atoms with Crippen molar-refractivity contribution in [2.24, 2.45) is 0 Å². The number of nitrogens with zero attached hydrogens (tertiary/aromatic N) is 1. The Hall–Kier alpha value is -2.04. The minimum atomic E-state index is -0.319. The Morgan fingerprint density at radius 2 is 2.27 bits per heavy atom. The fourth-order valence-corrected chi connectivity index (χ4v) is 1.54. The number of aromatic amines is 1. The third-order valence-corrected chi connectivity index (χ3v) is 2.32. The lowest BCUT2D eigenvalue weighted by atomic mass is 10.1. The molecule has 0 aromatic carbocycles. The van der Waals surface area contributed by atoms with Gasteiger partial charge in [0.1, 0.15) is 17.2 Å². The molecule has 15 heavy (non-hydrogen) atoms. The number of nitrogens with two attached hydrogens (primary N) is 1. The zero-order valence-corrected chi connectivity index (χ0v) is 8.24. The van der Waals surface area contributed by atoms with E-state index in [1.54, 1.807) is 19.1 Å². The third-order valence-electron chi connectivity index (χ3n) is 2.32. The summed E-state index contributed by atoms with van der Waals surface area (Å²) >= 11 is 0. The Morgan fingerprint density at radius 3 is 2.93 bits per heavy atom. The van der Waals surface area contributed by atoms with Gasteiger partial charge in [-0.15, -0.1) is 0 Å². The van der Waals surface area contributed by atoms with Crippen molar-refractivity contribution in [3.63, 3.8) is 0 Å². The van der Waals surface area contributed by atoms with Crippen LogP contribution in [0, 0.1) is 0 Å². The molecule has 4 N–H and O–H groups in total. The molecular formula is C10H11N3O2.